The molecule has 2 bridgehead atoms. The molecule has 3 heterocycles. The van der Waals surface area contributed by atoms with Crippen LogP contribution < -0.4 is 5.73 Å². The Labute approximate surface area is 104 Å². The van der Waals surface area contributed by atoms with Gasteiger partial charge in [0.1, 0.15) is 0 Å². The highest BCUT2D eigenvalue weighted by atomic mass is 15.2. The van der Waals surface area contributed by atoms with Gasteiger partial charge in [0.2, 0.25) is 0 Å². The van der Waals surface area contributed by atoms with Crippen molar-refractivity contribution in [2.75, 3.05) is 13.1 Å². The van der Waals surface area contributed by atoms with Crippen molar-refractivity contribution >= 4 is 0 Å². The number of nitrogens with two attached hydrogens (primary N) is 1. The van der Waals surface area contributed by atoms with E-state index >= 15 is 0 Å². The second kappa shape index (κ2) is 4.43. The van der Waals surface area contributed by atoms with E-state index in [9.17, 15) is 0 Å². The maximum atomic E-state index is 6.40. The van der Waals surface area contributed by atoms with E-state index in [2.05, 4.69) is 36.1 Å². The minimum Gasteiger partial charge on any atom is -0.326 e. The maximum absolute atomic E-state index is 6.40. The standard InChI is InChI=1S/C15H22N2/c1-11-2-4-12(5-3-11)10-14-15(16)13-6-8-17(14)9-7-13/h2-5,13-15H,6-10,16H2,1H3. The molecule has 3 aliphatic heterocycles. The van der Waals surface area contributed by atoms with Crippen molar-refractivity contribution in [1.82, 2.24) is 4.90 Å². The van der Waals surface area contributed by atoms with Gasteiger partial charge in [-0.05, 0) is 50.8 Å². The van der Waals surface area contributed by atoms with Gasteiger partial charge in [-0.1, -0.05) is 29.8 Å². The summed E-state index contributed by atoms with van der Waals surface area (Å²) in [6.07, 6.45) is 3.75. The lowest BCUT2D eigenvalue weighted by atomic mass is 9.77. The highest BCUT2D eigenvalue weighted by Crippen LogP contribution is 2.32. The Bertz CT molecular complexity index is 374. The first-order valence-electron chi connectivity index (χ1n) is 6.79. The average molecular weight is 230 g/mol. The van der Waals surface area contributed by atoms with Crippen molar-refractivity contribution in [2.24, 2.45) is 11.7 Å². The summed E-state index contributed by atoms with van der Waals surface area (Å²) in [5, 5.41) is 0. The van der Waals surface area contributed by atoms with Crippen LogP contribution in [0.1, 0.15) is 24.0 Å². The fourth-order valence-corrected chi connectivity index (χ4v) is 3.42. The van der Waals surface area contributed by atoms with Gasteiger partial charge in [0.25, 0.3) is 0 Å². The summed E-state index contributed by atoms with van der Waals surface area (Å²) in [4.78, 5) is 2.60. The maximum Gasteiger partial charge on any atom is 0.0290 e. The van der Waals surface area contributed by atoms with Crippen LogP contribution in [-0.2, 0) is 6.42 Å². The Balaban J connectivity index is 1.74. The van der Waals surface area contributed by atoms with E-state index in [-0.39, 0.29) is 0 Å². The molecular formula is C15H22N2. The van der Waals surface area contributed by atoms with Gasteiger partial charge in [-0.2, -0.15) is 0 Å². The van der Waals surface area contributed by atoms with Gasteiger partial charge in [0.05, 0.1) is 0 Å². The summed E-state index contributed by atoms with van der Waals surface area (Å²) in [6, 6.07) is 9.88. The van der Waals surface area contributed by atoms with Crippen LogP contribution in [0.2, 0.25) is 0 Å². The normalized spacial score (nSPS) is 36.1. The van der Waals surface area contributed by atoms with E-state index in [1.807, 2.05) is 0 Å². The quantitative estimate of drug-likeness (QED) is 0.841. The minimum atomic E-state index is 0.388. The lowest BCUT2D eigenvalue weighted by Crippen LogP contribution is -2.61. The molecule has 3 aliphatic rings. The average Bonchev–Trinajstić information content (AvgIpc) is 2.37. The molecule has 0 aliphatic carbocycles. The molecule has 17 heavy (non-hydrogen) atoms. The van der Waals surface area contributed by atoms with Crippen molar-refractivity contribution in [2.45, 2.75) is 38.3 Å². The Hall–Kier alpha value is -0.860. The third-order valence-corrected chi connectivity index (χ3v) is 4.60. The molecule has 1 aromatic rings. The highest BCUT2D eigenvalue weighted by molar-refractivity contribution is 5.23. The first-order valence-corrected chi connectivity index (χ1v) is 6.79. The van der Waals surface area contributed by atoms with E-state index in [1.54, 1.807) is 0 Å². The first-order chi connectivity index (χ1) is 8.24. The Morgan fingerprint density at radius 3 is 2.41 bits per heavy atom. The van der Waals surface area contributed by atoms with Crippen molar-refractivity contribution in [3.05, 3.63) is 35.4 Å². The molecule has 0 radical (unpaired) electrons. The molecule has 2 atom stereocenters. The lowest BCUT2D eigenvalue weighted by molar-refractivity contribution is 0.0288. The van der Waals surface area contributed by atoms with E-state index < -0.39 is 0 Å². The molecule has 0 saturated carbocycles. The van der Waals surface area contributed by atoms with Crippen LogP contribution >= 0.6 is 0 Å². The summed E-state index contributed by atoms with van der Waals surface area (Å²) in [5.74, 6) is 0.774. The van der Waals surface area contributed by atoms with Crippen molar-refractivity contribution < 1.29 is 0 Å². The molecule has 2 N–H and O–H groups in total. The first kappa shape index (κ1) is 11.2. The molecule has 3 fully saturated rings. The van der Waals surface area contributed by atoms with Crippen LogP contribution in [0.5, 0.6) is 0 Å². The summed E-state index contributed by atoms with van der Waals surface area (Å²) in [5.41, 5.74) is 9.17. The third kappa shape index (κ3) is 2.12. The zero-order chi connectivity index (χ0) is 11.8. The number of nitrogens with zero attached hydrogens (tertiary/aromatic N) is 1. The topological polar surface area (TPSA) is 29.3 Å². The SMILES string of the molecule is Cc1ccc(CC2C(N)C3CCN2CC3)cc1. The highest BCUT2D eigenvalue weighted by Gasteiger charge is 2.39. The minimum absolute atomic E-state index is 0.388. The van der Waals surface area contributed by atoms with E-state index in [1.165, 1.54) is 37.1 Å². The van der Waals surface area contributed by atoms with Crippen LogP contribution in [0.15, 0.2) is 24.3 Å². The summed E-state index contributed by atoms with van der Waals surface area (Å²) in [6.45, 7) is 4.66. The molecule has 92 valence electrons. The molecule has 3 saturated heterocycles. The van der Waals surface area contributed by atoms with Crippen LogP contribution in [0.3, 0.4) is 0 Å². The molecule has 2 heteroatoms. The lowest BCUT2D eigenvalue weighted by Gasteiger charge is -2.49. The number of hydrogen-bond donors (Lipinski definition) is 1. The van der Waals surface area contributed by atoms with Gasteiger partial charge in [0, 0.05) is 12.1 Å². The van der Waals surface area contributed by atoms with Gasteiger partial charge < -0.3 is 5.73 Å². The molecule has 2 unspecified atom stereocenters. The molecular weight excluding hydrogens is 208 g/mol. The van der Waals surface area contributed by atoms with Crippen molar-refractivity contribution in [3.8, 4) is 0 Å². The number of hydrogen-bond acceptors (Lipinski definition) is 2. The predicted octanol–water partition coefficient (Wildman–Crippen LogP) is 1.96. The predicted molar refractivity (Wildman–Crippen MR) is 70.9 cm³/mol. The molecule has 2 nitrogen and oxygen atoms in total. The molecule has 1 aromatic carbocycles. The Kier molecular flexibility index (Phi) is 2.93. The molecule has 0 amide bonds. The van der Waals surface area contributed by atoms with E-state index in [0.29, 0.717) is 12.1 Å². The smallest absolute Gasteiger partial charge is 0.0290 e. The van der Waals surface area contributed by atoms with Crippen LogP contribution in [0, 0.1) is 12.8 Å². The zero-order valence-electron chi connectivity index (χ0n) is 10.6. The van der Waals surface area contributed by atoms with Gasteiger partial charge in [-0.15, -0.1) is 0 Å². The largest absolute Gasteiger partial charge is 0.326 e. The van der Waals surface area contributed by atoms with Crippen LogP contribution in [-0.4, -0.2) is 30.1 Å². The van der Waals surface area contributed by atoms with Crippen LogP contribution in [0.25, 0.3) is 0 Å². The summed E-state index contributed by atoms with van der Waals surface area (Å²) < 4.78 is 0. The number of fused-ring (bicyclic) bond motifs is 3. The van der Waals surface area contributed by atoms with Gasteiger partial charge >= 0.3 is 0 Å². The second-order valence-corrected chi connectivity index (χ2v) is 5.71. The molecule has 0 spiro atoms. The number of aryl methyl sites for hydroxylation is 1. The van der Waals surface area contributed by atoms with Gasteiger partial charge in [0.15, 0.2) is 0 Å². The molecule has 4 rings (SSSR count). The molecule has 0 aromatic heterocycles. The second-order valence-electron chi connectivity index (χ2n) is 5.71. The fourth-order valence-electron chi connectivity index (χ4n) is 3.42. The number of benzene rings is 1. The van der Waals surface area contributed by atoms with Crippen molar-refractivity contribution in [3.63, 3.8) is 0 Å². The summed E-state index contributed by atoms with van der Waals surface area (Å²) in [7, 11) is 0. The Morgan fingerprint density at radius 1 is 1.18 bits per heavy atom. The van der Waals surface area contributed by atoms with E-state index in [4.69, 9.17) is 5.73 Å². The van der Waals surface area contributed by atoms with Crippen molar-refractivity contribution in [1.29, 1.82) is 0 Å². The Morgan fingerprint density at radius 2 is 1.82 bits per heavy atom. The third-order valence-electron chi connectivity index (χ3n) is 4.60. The monoisotopic (exact) mass is 230 g/mol. The van der Waals surface area contributed by atoms with Crippen LogP contribution in [0.4, 0.5) is 0 Å². The zero-order valence-corrected chi connectivity index (χ0v) is 10.6. The van der Waals surface area contributed by atoms with E-state index in [0.717, 1.165) is 12.3 Å². The van der Waals surface area contributed by atoms with Gasteiger partial charge in [-0.3, -0.25) is 4.90 Å². The summed E-state index contributed by atoms with van der Waals surface area (Å²) >= 11 is 0. The van der Waals surface area contributed by atoms with Gasteiger partial charge in [-0.25, -0.2) is 0 Å². The fraction of sp³-hybridized carbons (Fsp3) is 0.600. The number of piperidine rings is 3. The number of rotatable bonds is 2.